The number of benzene rings is 2. The van der Waals surface area contributed by atoms with Crippen molar-refractivity contribution in [2.24, 2.45) is 0 Å². The maximum Gasteiger partial charge on any atom is 0.573 e. The molecule has 2 aromatic carbocycles. The Morgan fingerprint density at radius 1 is 0.882 bits per heavy atom. The van der Waals surface area contributed by atoms with Crippen LogP contribution in [-0.4, -0.2) is 55.2 Å². The molecule has 3 aromatic rings. The molecule has 0 radical (unpaired) electrons. The van der Waals surface area contributed by atoms with E-state index in [0.717, 1.165) is 24.3 Å². The number of sulfonamides is 1. The van der Waals surface area contributed by atoms with Gasteiger partial charge in [0.25, 0.3) is 0 Å². The molecule has 0 spiro atoms. The molecule has 1 aromatic heterocycles. The molecule has 180 valence electrons. The maximum absolute atomic E-state index is 12.9. The van der Waals surface area contributed by atoms with Crippen LogP contribution in [0.4, 0.5) is 19.0 Å². The smallest absolute Gasteiger partial charge is 0.439 e. The van der Waals surface area contributed by atoms with E-state index < -0.39 is 22.1 Å². The van der Waals surface area contributed by atoms with Gasteiger partial charge in [0.1, 0.15) is 23.1 Å². The average molecular weight is 494 g/mol. The van der Waals surface area contributed by atoms with Crippen molar-refractivity contribution in [3.05, 3.63) is 66.5 Å². The Bertz CT molecular complexity index is 1230. The van der Waals surface area contributed by atoms with Gasteiger partial charge < -0.3 is 14.4 Å². The van der Waals surface area contributed by atoms with Crippen LogP contribution in [0.15, 0.2) is 65.6 Å². The molecular weight excluding hydrogens is 473 g/mol. The number of nitrogens with zero attached hydrogens (tertiary/aromatic N) is 4. The number of ether oxygens (including phenoxy) is 2. The lowest BCUT2D eigenvalue weighted by Gasteiger charge is -2.34. The second kappa shape index (κ2) is 9.47. The molecule has 8 nitrogen and oxygen atoms in total. The molecule has 0 bridgehead atoms. The molecule has 1 aliphatic rings. The fourth-order valence-electron chi connectivity index (χ4n) is 3.47. The number of rotatable bonds is 6. The van der Waals surface area contributed by atoms with Crippen LogP contribution in [0.2, 0.25) is 0 Å². The third kappa shape index (κ3) is 5.75. The van der Waals surface area contributed by atoms with Crippen LogP contribution in [0.25, 0.3) is 0 Å². The van der Waals surface area contributed by atoms with Crippen molar-refractivity contribution in [2.45, 2.75) is 18.2 Å². The van der Waals surface area contributed by atoms with Gasteiger partial charge in [0, 0.05) is 32.2 Å². The topological polar surface area (TPSA) is 84.9 Å². The SMILES string of the molecule is Cc1nc(Oc2ccccc2)cc(N2CCN(S(=O)(=O)c3ccc(OC(F)(F)F)cc3)CC2)n1. The zero-order chi connectivity index (χ0) is 24.3. The quantitative estimate of drug-likeness (QED) is 0.512. The number of anilines is 1. The molecule has 4 rings (SSSR count). The van der Waals surface area contributed by atoms with Crippen LogP contribution in [0, 0.1) is 6.92 Å². The molecule has 0 unspecified atom stereocenters. The first-order valence-electron chi connectivity index (χ1n) is 10.3. The van der Waals surface area contributed by atoms with E-state index in [9.17, 15) is 21.6 Å². The zero-order valence-corrected chi connectivity index (χ0v) is 18.9. The predicted octanol–water partition coefficient (Wildman–Crippen LogP) is 3.99. The number of hydrogen-bond acceptors (Lipinski definition) is 7. The monoisotopic (exact) mass is 494 g/mol. The molecule has 0 N–H and O–H groups in total. The van der Waals surface area contributed by atoms with Crippen LogP contribution in [0.3, 0.4) is 0 Å². The standard InChI is InChI=1S/C22H21F3N4O4S/c1-16-26-20(15-21(27-16)32-17-5-3-2-4-6-17)28-11-13-29(14-12-28)34(30,31)19-9-7-18(8-10-19)33-22(23,24)25/h2-10,15H,11-14H2,1H3. The van der Waals surface area contributed by atoms with E-state index in [4.69, 9.17) is 4.74 Å². The lowest BCUT2D eigenvalue weighted by molar-refractivity contribution is -0.274. The molecule has 0 saturated carbocycles. The summed E-state index contributed by atoms with van der Waals surface area (Å²) in [4.78, 5) is 10.6. The van der Waals surface area contributed by atoms with Crippen LogP contribution in [-0.2, 0) is 10.0 Å². The number of piperazine rings is 1. The van der Waals surface area contributed by atoms with Gasteiger partial charge >= 0.3 is 6.36 Å². The van der Waals surface area contributed by atoms with Crippen molar-refractivity contribution in [2.75, 3.05) is 31.1 Å². The van der Waals surface area contributed by atoms with Crippen LogP contribution in [0.1, 0.15) is 5.82 Å². The van der Waals surface area contributed by atoms with Gasteiger partial charge in [0.2, 0.25) is 15.9 Å². The summed E-state index contributed by atoms with van der Waals surface area (Å²) in [6.07, 6.45) is -4.85. The molecular formula is C22H21F3N4O4S. The van der Waals surface area contributed by atoms with Crippen molar-refractivity contribution < 1.29 is 31.1 Å². The number of aryl methyl sites for hydroxylation is 1. The lowest BCUT2D eigenvalue weighted by Crippen LogP contribution is -2.49. The van der Waals surface area contributed by atoms with Crippen molar-refractivity contribution in [1.82, 2.24) is 14.3 Å². The van der Waals surface area contributed by atoms with Gasteiger partial charge in [-0.05, 0) is 43.3 Å². The normalized spacial score (nSPS) is 15.2. The minimum atomic E-state index is -4.85. The van der Waals surface area contributed by atoms with E-state index in [2.05, 4.69) is 14.7 Å². The van der Waals surface area contributed by atoms with Crippen molar-refractivity contribution in [3.63, 3.8) is 0 Å². The second-order valence-electron chi connectivity index (χ2n) is 7.44. The summed E-state index contributed by atoms with van der Waals surface area (Å²) in [6, 6.07) is 15.1. The molecule has 1 fully saturated rings. The van der Waals surface area contributed by atoms with Gasteiger partial charge in [-0.15, -0.1) is 13.2 Å². The van der Waals surface area contributed by atoms with E-state index in [1.165, 1.54) is 4.31 Å². The number of halogens is 3. The van der Waals surface area contributed by atoms with E-state index in [1.807, 2.05) is 35.2 Å². The van der Waals surface area contributed by atoms with E-state index in [-0.39, 0.29) is 18.0 Å². The Kier molecular flexibility index (Phi) is 6.62. The third-order valence-corrected chi connectivity index (χ3v) is 6.94. The van der Waals surface area contributed by atoms with Gasteiger partial charge in [-0.3, -0.25) is 0 Å². The lowest BCUT2D eigenvalue weighted by atomic mass is 10.3. The van der Waals surface area contributed by atoms with E-state index in [0.29, 0.717) is 36.4 Å². The third-order valence-electron chi connectivity index (χ3n) is 5.02. The molecule has 0 atom stereocenters. The summed E-state index contributed by atoms with van der Waals surface area (Å²) in [5, 5.41) is 0. The highest BCUT2D eigenvalue weighted by Gasteiger charge is 2.32. The minimum Gasteiger partial charge on any atom is -0.439 e. The summed E-state index contributed by atoms with van der Waals surface area (Å²) in [5.74, 6) is 1.66. The van der Waals surface area contributed by atoms with Crippen molar-refractivity contribution in [3.8, 4) is 17.4 Å². The summed E-state index contributed by atoms with van der Waals surface area (Å²) < 4.78 is 73.8. The molecule has 1 aliphatic heterocycles. The number of alkyl halides is 3. The Morgan fingerprint density at radius 2 is 1.53 bits per heavy atom. The molecule has 0 amide bonds. The van der Waals surface area contributed by atoms with Gasteiger partial charge in [-0.2, -0.15) is 9.29 Å². The zero-order valence-electron chi connectivity index (χ0n) is 18.1. The first kappa shape index (κ1) is 23.8. The highest BCUT2D eigenvalue weighted by atomic mass is 32.2. The minimum absolute atomic E-state index is 0.105. The van der Waals surface area contributed by atoms with E-state index in [1.54, 1.807) is 13.0 Å². The predicted molar refractivity (Wildman–Crippen MR) is 117 cm³/mol. The van der Waals surface area contributed by atoms with Gasteiger partial charge in [-0.25, -0.2) is 13.4 Å². The molecule has 2 heterocycles. The number of aromatic nitrogens is 2. The maximum atomic E-state index is 12.9. The Balaban J connectivity index is 1.43. The fraction of sp³-hybridized carbons (Fsp3) is 0.273. The molecule has 0 aliphatic carbocycles. The van der Waals surface area contributed by atoms with Crippen LogP contribution < -0.4 is 14.4 Å². The Hall–Kier alpha value is -3.38. The first-order valence-corrected chi connectivity index (χ1v) is 11.7. The fourth-order valence-corrected chi connectivity index (χ4v) is 4.89. The second-order valence-corrected chi connectivity index (χ2v) is 9.37. The van der Waals surface area contributed by atoms with Gasteiger partial charge in [0.15, 0.2) is 0 Å². The summed E-state index contributed by atoms with van der Waals surface area (Å²) in [5.41, 5.74) is 0. The van der Waals surface area contributed by atoms with Gasteiger partial charge in [0.05, 0.1) is 4.90 Å². The largest absolute Gasteiger partial charge is 0.573 e. The number of para-hydroxylation sites is 1. The van der Waals surface area contributed by atoms with Gasteiger partial charge in [-0.1, -0.05) is 18.2 Å². The highest BCUT2D eigenvalue weighted by Crippen LogP contribution is 2.27. The summed E-state index contributed by atoms with van der Waals surface area (Å²) in [6.45, 7) is 2.85. The van der Waals surface area contributed by atoms with Crippen LogP contribution in [0.5, 0.6) is 17.4 Å². The highest BCUT2D eigenvalue weighted by molar-refractivity contribution is 7.89. The van der Waals surface area contributed by atoms with E-state index >= 15 is 0 Å². The summed E-state index contributed by atoms with van der Waals surface area (Å²) >= 11 is 0. The Labute approximate surface area is 194 Å². The first-order chi connectivity index (χ1) is 16.1. The average Bonchev–Trinajstić information content (AvgIpc) is 2.79. The van der Waals surface area contributed by atoms with Crippen molar-refractivity contribution >= 4 is 15.8 Å². The summed E-state index contributed by atoms with van der Waals surface area (Å²) in [7, 11) is -3.87. The number of hydrogen-bond donors (Lipinski definition) is 0. The molecule has 12 heteroatoms. The van der Waals surface area contributed by atoms with Crippen molar-refractivity contribution in [1.29, 1.82) is 0 Å². The molecule has 34 heavy (non-hydrogen) atoms. The van der Waals surface area contributed by atoms with Crippen LogP contribution >= 0.6 is 0 Å². The molecule has 1 saturated heterocycles. The Morgan fingerprint density at radius 3 is 2.15 bits per heavy atom.